The van der Waals surface area contributed by atoms with E-state index < -0.39 is 10.0 Å². The number of hydrogen-bond donors (Lipinski definition) is 1. The number of piperidine rings is 1. The van der Waals surface area contributed by atoms with Crippen LogP contribution in [0.15, 0.2) is 53.4 Å². The van der Waals surface area contributed by atoms with Gasteiger partial charge in [0.05, 0.1) is 16.9 Å². The van der Waals surface area contributed by atoms with Crippen LogP contribution in [-0.2, 0) is 21.2 Å². The van der Waals surface area contributed by atoms with Gasteiger partial charge in [-0.25, -0.2) is 8.42 Å². The number of amides is 1. The van der Waals surface area contributed by atoms with E-state index in [1.165, 1.54) is 27.6 Å². The van der Waals surface area contributed by atoms with Crippen molar-refractivity contribution in [2.24, 2.45) is 5.92 Å². The molecule has 2 aromatic carbocycles. The largest absolute Gasteiger partial charge is 0.349 e. The zero-order valence-electron chi connectivity index (χ0n) is 15.5. The van der Waals surface area contributed by atoms with E-state index in [0.29, 0.717) is 24.4 Å². The summed E-state index contributed by atoms with van der Waals surface area (Å²) in [5, 5.41) is 3.64. The second-order valence-electron chi connectivity index (χ2n) is 7.45. The smallest absolute Gasteiger partial charge is 0.243 e. The Morgan fingerprint density at radius 3 is 2.61 bits per heavy atom. The van der Waals surface area contributed by atoms with Crippen molar-refractivity contribution in [3.05, 3.63) is 64.7 Å². The third-order valence-electron chi connectivity index (χ3n) is 5.66. The topological polar surface area (TPSA) is 66.5 Å². The van der Waals surface area contributed by atoms with Gasteiger partial charge in [-0.3, -0.25) is 4.79 Å². The van der Waals surface area contributed by atoms with Crippen molar-refractivity contribution < 1.29 is 13.2 Å². The summed E-state index contributed by atoms with van der Waals surface area (Å²) in [5.41, 5.74) is 2.46. The van der Waals surface area contributed by atoms with Crippen molar-refractivity contribution in [3.63, 3.8) is 0 Å². The first-order valence-corrected chi connectivity index (χ1v) is 11.4. The quantitative estimate of drug-likeness (QED) is 0.825. The highest BCUT2D eigenvalue weighted by Crippen LogP contribution is 2.32. The van der Waals surface area contributed by atoms with Gasteiger partial charge in [0.2, 0.25) is 15.9 Å². The summed E-state index contributed by atoms with van der Waals surface area (Å²) in [6, 6.07) is 14.3. The minimum atomic E-state index is -3.63. The molecule has 1 amide bonds. The van der Waals surface area contributed by atoms with E-state index in [2.05, 4.69) is 17.4 Å². The molecule has 2 aromatic rings. The first kappa shape index (κ1) is 19.4. The number of aryl methyl sites for hydroxylation is 1. The van der Waals surface area contributed by atoms with Crippen LogP contribution >= 0.6 is 11.6 Å². The number of hydrogen-bond acceptors (Lipinski definition) is 3. The zero-order chi connectivity index (χ0) is 19.7. The lowest BCUT2D eigenvalue weighted by atomic mass is 9.98. The molecule has 2 aliphatic rings. The summed E-state index contributed by atoms with van der Waals surface area (Å²) < 4.78 is 27.3. The van der Waals surface area contributed by atoms with Crippen molar-refractivity contribution in [3.8, 4) is 0 Å². The Morgan fingerprint density at radius 1 is 1.07 bits per heavy atom. The van der Waals surface area contributed by atoms with Gasteiger partial charge in [0.25, 0.3) is 0 Å². The van der Waals surface area contributed by atoms with Gasteiger partial charge in [-0.05, 0) is 61.1 Å². The maximum Gasteiger partial charge on any atom is 0.243 e. The van der Waals surface area contributed by atoms with Gasteiger partial charge in [-0.2, -0.15) is 4.31 Å². The van der Waals surface area contributed by atoms with Crippen LogP contribution in [0.5, 0.6) is 0 Å². The Bertz CT molecular complexity index is 975. The van der Waals surface area contributed by atoms with Gasteiger partial charge in [0.1, 0.15) is 0 Å². The van der Waals surface area contributed by atoms with Crippen LogP contribution in [0.25, 0.3) is 0 Å². The molecular formula is C21H23ClN2O3S. The van der Waals surface area contributed by atoms with E-state index in [9.17, 15) is 13.2 Å². The maximum atomic E-state index is 12.9. The Kier molecular flexibility index (Phi) is 5.45. The molecule has 1 fully saturated rings. The predicted octanol–water partition coefficient (Wildman–Crippen LogP) is 3.54. The maximum absolute atomic E-state index is 12.9. The van der Waals surface area contributed by atoms with E-state index in [1.54, 1.807) is 12.1 Å². The van der Waals surface area contributed by atoms with Crippen LogP contribution in [0.1, 0.15) is 36.4 Å². The molecule has 0 radical (unpaired) electrons. The molecule has 4 rings (SSSR count). The zero-order valence-corrected chi connectivity index (χ0v) is 17.0. The number of carbonyl (C=O) groups is 1. The molecule has 148 valence electrons. The molecule has 2 unspecified atom stereocenters. The third-order valence-corrected chi connectivity index (χ3v) is 7.79. The molecule has 1 saturated heterocycles. The Hall–Kier alpha value is -1.89. The number of halogens is 1. The number of nitrogens with zero attached hydrogens (tertiary/aromatic N) is 1. The highest BCUT2D eigenvalue weighted by molar-refractivity contribution is 7.89. The number of carbonyl (C=O) groups excluding carboxylic acids is 1. The van der Waals surface area contributed by atoms with E-state index >= 15 is 0 Å². The lowest BCUT2D eigenvalue weighted by Crippen LogP contribution is -2.45. The molecule has 1 heterocycles. The molecule has 1 aliphatic carbocycles. The van der Waals surface area contributed by atoms with Crippen molar-refractivity contribution in [1.29, 1.82) is 0 Å². The van der Waals surface area contributed by atoms with E-state index in [1.807, 2.05) is 12.1 Å². The van der Waals surface area contributed by atoms with Crippen LogP contribution in [0, 0.1) is 5.92 Å². The summed E-state index contributed by atoms with van der Waals surface area (Å²) >= 11 is 5.87. The van der Waals surface area contributed by atoms with Crippen LogP contribution in [0.3, 0.4) is 0 Å². The standard InChI is InChI=1S/C21H23ClN2O3S/c22-17-8-10-18(11-9-17)28(26,27)24-13-3-5-16(14-24)21(25)23-20-12-7-15-4-1-2-6-19(15)20/h1-2,4,6,8-11,16,20H,3,5,7,12-14H2,(H,23,25). The fraction of sp³-hybridized carbons (Fsp3) is 0.381. The molecule has 0 spiro atoms. The normalized spacial score (nSPS) is 22.6. The minimum Gasteiger partial charge on any atom is -0.349 e. The molecule has 1 aliphatic heterocycles. The summed E-state index contributed by atoms with van der Waals surface area (Å²) in [7, 11) is -3.63. The van der Waals surface area contributed by atoms with Gasteiger partial charge in [-0.1, -0.05) is 35.9 Å². The molecule has 1 N–H and O–H groups in total. The Labute approximate surface area is 170 Å². The SMILES string of the molecule is O=C(NC1CCc2ccccc21)C1CCCN(S(=O)(=O)c2ccc(Cl)cc2)C1. The van der Waals surface area contributed by atoms with Crippen molar-refractivity contribution in [1.82, 2.24) is 9.62 Å². The van der Waals surface area contributed by atoms with Crippen molar-refractivity contribution >= 4 is 27.5 Å². The molecule has 0 bridgehead atoms. The van der Waals surface area contributed by atoms with Crippen LogP contribution in [-0.4, -0.2) is 31.7 Å². The molecule has 2 atom stereocenters. The van der Waals surface area contributed by atoms with Gasteiger partial charge < -0.3 is 5.32 Å². The van der Waals surface area contributed by atoms with Crippen LogP contribution in [0.2, 0.25) is 5.02 Å². The number of benzene rings is 2. The first-order valence-electron chi connectivity index (χ1n) is 9.59. The van der Waals surface area contributed by atoms with E-state index in [-0.39, 0.29) is 29.3 Å². The predicted molar refractivity (Wildman–Crippen MR) is 109 cm³/mol. The van der Waals surface area contributed by atoms with Gasteiger partial charge in [0, 0.05) is 18.1 Å². The van der Waals surface area contributed by atoms with Gasteiger partial charge in [0.15, 0.2) is 0 Å². The van der Waals surface area contributed by atoms with E-state index in [0.717, 1.165) is 12.8 Å². The molecule has 28 heavy (non-hydrogen) atoms. The highest BCUT2D eigenvalue weighted by Gasteiger charge is 2.34. The fourth-order valence-electron chi connectivity index (χ4n) is 4.13. The highest BCUT2D eigenvalue weighted by atomic mass is 35.5. The third kappa shape index (κ3) is 3.81. The number of sulfonamides is 1. The molecular weight excluding hydrogens is 396 g/mol. The summed E-state index contributed by atoms with van der Waals surface area (Å²) in [4.78, 5) is 13.1. The lowest BCUT2D eigenvalue weighted by Gasteiger charge is -2.32. The number of nitrogens with one attached hydrogen (secondary N) is 1. The first-order chi connectivity index (χ1) is 13.4. The van der Waals surface area contributed by atoms with Crippen LogP contribution in [0.4, 0.5) is 0 Å². The summed E-state index contributed by atoms with van der Waals surface area (Å²) in [6.45, 7) is 0.645. The van der Waals surface area contributed by atoms with Crippen molar-refractivity contribution in [2.45, 2.75) is 36.6 Å². The summed E-state index contributed by atoms with van der Waals surface area (Å²) in [6.07, 6.45) is 3.23. The van der Waals surface area contributed by atoms with E-state index in [4.69, 9.17) is 11.6 Å². The van der Waals surface area contributed by atoms with Crippen molar-refractivity contribution in [2.75, 3.05) is 13.1 Å². The van der Waals surface area contributed by atoms with Crippen LogP contribution < -0.4 is 5.32 Å². The molecule has 0 aromatic heterocycles. The Morgan fingerprint density at radius 2 is 1.82 bits per heavy atom. The van der Waals surface area contributed by atoms with Gasteiger partial charge >= 0.3 is 0 Å². The molecule has 5 nitrogen and oxygen atoms in total. The second-order valence-corrected chi connectivity index (χ2v) is 9.83. The fourth-order valence-corrected chi connectivity index (χ4v) is 5.78. The Balaban J connectivity index is 1.45. The molecule has 0 saturated carbocycles. The number of fused-ring (bicyclic) bond motifs is 1. The molecule has 7 heteroatoms. The second kappa shape index (κ2) is 7.85. The lowest BCUT2D eigenvalue weighted by molar-refractivity contribution is -0.126. The number of rotatable bonds is 4. The average molecular weight is 419 g/mol. The minimum absolute atomic E-state index is 0.0203. The average Bonchev–Trinajstić information content (AvgIpc) is 3.11. The monoisotopic (exact) mass is 418 g/mol. The van der Waals surface area contributed by atoms with Gasteiger partial charge in [-0.15, -0.1) is 0 Å². The summed E-state index contributed by atoms with van der Waals surface area (Å²) in [5.74, 6) is -0.388.